The van der Waals surface area contributed by atoms with Gasteiger partial charge in [-0.2, -0.15) is 0 Å². The van der Waals surface area contributed by atoms with Crippen molar-refractivity contribution in [3.05, 3.63) is 24.3 Å². The van der Waals surface area contributed by atoms with Gasteiger partial charge in [0.05, 0.1) is 6.10 Å². The minimum absolute atomic E-state index is 0.0397. The lowest BCUT2D eigenvalue weighted by Gasteiger charge is -2.37. The molecule has 23 heavy (non-hydrogen) atoms. The fourth-order valence-electron chi connectivity index (χ4n) is 3.16. The number of carbonyl (C=O) groups excluding carboxylic acids is 1. The fraction of sp³-hybridized carbons (Fsp3) is 0.632. The first-order chi connectivity index (χ1) is 11.0. The molecule has 1 amide bonds. The quantitative estimate of drug-likeness (QED) is 0.845. The minimum Gasteiger partial charge on any atom is -0.491 e. The molecule has 1 aromatic rings. The molecule has 1 fully saturated rings. The molecular formula is C19H29NO3. The van der Waals surface area contributed by atoms with E-state index in [0.29, 0.717) is 5.92 Å². The van der Waals surface area contributed by atoms with Gasteiger partial charge >= 0.3 is 0 Å². The molecule has 0 heterocycles. The van der Waals surface area contributed by atoms with Crippen molar-refractivity contribution in [1.82, 2.24) is 0 Å². The van der Waals surface area contributed by atoms with E-state index in [0.717, 1.165) is 37.1 Å². The highest BCUT2D eigenvalue weighted by Gasteiger charge is 2.41. The molecule has 0 radical (unpaired) electrons. The van der Waals surface area contributed by atoms with Crippen LogP contribution in [0, 0.1) is 5.92 Å². The Balaban J connectivity index is 2.01. The Labute approximate surface area is 139 Å². The Bertz CT molecular complexity index is 514. The second-order valence-corrected chi connectivity index (χ2v) is 6.72. The Morgan fingerprint density at radius 1 is 1.39 bits per heavy atom. The third kappa shape index (κ3) is 4.47. The molecule has 1 N–H and O–H groups in total. The second kappa shape index (κ2) is 7.82. The summed E-state index contributed by atoms with van der Waals surface area (Å²) in [6.07, 6.45) is 4.92. The molecule has 0 spiro atoms. The highest BCUT2D eigenvalue weighted by atomic mass is 16.5. The zero-order valence-corrected chi connectivity index (χ0v) is 14.7. The Morgan fingerprint density at radius 3 is 2.65 bits per heavy atom. The third-order valence-electron chi connectivity index (χ3n) is 4.78. The first-order valence-electron chi connectivity index (χ1n) is 8.62. The van der Waals surface area contributed by atoms with Gasteiger partial charge in [0.2, 0.25) is 0 Å². The monoisotopic (exact) mass is 319 g/mol. The normalized spacial score (nSPS) is 25.7. The molecule has 4 heteroatoms. The molecule has 0 unspecified atom stereocenters. The summed E-state index contributed by atoms with van der Waals surface area (Å²) in [4.78, 5) is 12.7. The van der Waals surface area contributed by atoms with Crippen LogP contribution in [0.4, 0.5) is 5.69 Å². The van der Waals surface area contributed by atoms with Crippen molar-refractivity contribution in [2.24, 2.45) is 5.92 Å². The maximum atomic E-state index is 12.7. The lowest BCUT2D eigenvalue weighted by Crippen LogP contribution is -2.47. The molecule has 0 aromatic heterocycles. The first-order valence-corrected chi connectivity index (χ1v) is 8.62. The van der Waals surface area contributed by atoms with E-state index < -0.39 is 5.60 Å². The first kappa shape index (κ1) is 17.8. The van der Waals surface area contributed by atoms with Gasteiger partial charge in [-0.1, -0.05) is 20.3 Å². The molecule has 1 saturated carbocycles. The summed E-state index contributed by atoms with van der Waals surface area (Å²) in [5, 5.41) is 3.00. The molecule has 0 saturated heterocycles. The molecule has 1 aliphatic rings. The summed E-state index contributed by atoms with van der Waals surface area (Å²) in [6.45, 7) is 6.32. The topological polar surface area (TPSA) is 47.6 Å². The van der Waals surface area contributed by atoms with Crippen LogP contribution in [0.1, 0.15) is 52.9 Å². The van der Waals surface area contributed by atoms with Gasteiger partial charge in [-0.25, -0.2) is 0 Å². The predicted molar refractivity (Wildman–Crippen MR) is 92.8 cm³/mol. The summed E-state index contributed by atoms with van der Waals surface area (Å²) in [7, 11) is 1.64. The number of benzene rings is 1. The Morgan fingerprint density at radius 2 is 2.09 bits per heavy atom. The summed E-state index contributed by atoms with van der Waals surface area (Å²) in [5.74, 6) is 1.30. The van der Waals surface area contributed by atoms with Crippen LogP contribution in [0.3, 0.4) is 0 Å². The highest BCUT2D eigenvalue weighted by molar-refractivity contribution is 5.97. The number of hydrogen-bond donors (Lipinski definition) is 1. The molecule has 4 nitrogen and oxygen atoms in total. The lowest BCUT2D eigenvalue weighted by molar-refractivity contribution is -0.143. The Hall–Kier alpha value is -1.55. The average Bonchev–Trinajstić information content (AvgIpc) is 2.56. The van der Waals surface area contributed by atoms with E-state index in [1.165, 1.54) is 6.42 Å². The van der Waals surface area contributed by atoms with Gasteiger partial charge in [-0.15, -0.1) is 0 Å². The van der Waals surface area contributed by atoms with Crippen molar-refractivity contribution in [2.45, 2.75) is 64.6 Å². The molecule has 2 rings (SSSR count). The van der Waals surface area contributed by atoms with Crippen molar-refractivity contribution in [1.29, 1.82) is 0 Å². The summed E-state index contributed by atoms with van der Waals surface area (Å²) in [5.41, 5.74) is 0.0879. The maximum Gasteiger partial charge on any atom is 0.256 e. The van der Waals surface area contributed by atoms with Crippen LogP contribution in [-0.2, 0) is 9.53 Å². The van der Waals surface area contributed by atoms with Crippen LogP contribution in [0.15, 0.2) is 24.3 Å². The van der Waals surface area contributed by atoms with E-state index in [1.54, 1.807) is 7.11 Å². The largest absolute Gasteiger partial charge is 0.491 e. The summed E-state index contributed by atoms with van der Waals surface area (Å²) >= 11 is 0. The summed E-state index contributed by atoms with van der Waals surface area (Å²) in [6, 6.07) is 7.55. The molecule has 0 aliphatic heterocycles. The number of ether oxygens (including phenoxy) is 2. The third-order valence-corrected chi connectivity index (χ3v) is 4.78. The van der Waals surface area contributed by atoms with Crippen molar-refractivity contribution >= 4 is 11.6 Å². The SMILES string of the molecule is CC[C@@H](C)Oc1ccc(NC(=O)[C@@]2(OC)CCC[C@@H](C)C2)cc1. The van der Waals surface area contributed by atoms with Gasteiger partial charge in [-0.3, -0.25) is 4.79 Å². The Kier molecular flexibility index (Phi) is 6.05. The average molecular weight is 319 g/mol. The van der Waals surface area contributed by atoms with E-state index in [1.807, 2.05) is 31.2 Å². The van der Waals surface area contributed by atoms with Crippen molar-refractivity contribution in [3.63, 3.8) is 0 Å². The van der Waals surface area contributed by atoms with Gasteiger partial charge < -0.3 is 14.8 Å². The van der Waals surface area contributed by atoms with Gasteiger partial charge in [0, 0.05) is 12.8 Å². The number of anilines is 1. The zero-order valence-electron chi connectivity index (χ0n) is 14.7. The van der Waals surface area contributed by atoms with Crippen LogP contribution in [0.25, 0.3) is 0 Å². The molecular weight excluding hydrogens is 290 g/mol. The lowest BCUT2D eigenvalue weighted by atomic mass is 9.78. The van der Waals surface area contributed by atoms with Crippen LogP contribution in [0.5, 0.6) is 5.75 Å². The van der Waals surface area contributed by atoms with Crippen LogP contribution in [0.2, 0.25) is 0 Å². The number of amides is 1. The van der Waals surface area contributed by atoms with Gasteiger partial charge in [-0.05, 0) is 62.8 Å². The zero-order chi connectivity index (χ0) is 16.9. The minimum atomic E-state index is -0.691. The molecule has 1 aromatic carbocycles. The van der Waals surface area contributed by atoms with Crippen molar-refractivity contribution in [2.75, 3.05) is 12.4 Å². The van der Waals surface area contributed by atoms with Crippen LogP contribution in [-0.4, -0.2) is 24.7 Å². The van der Waals surface area contributed by atoms with Crippen LogP contribution >= 0.6 is 0 Å². The fourth-order valence-corrected chi connectivity index (χ4v) is 3.16. The van der Waals surface area contributed by atoms with Gasteiger partial charge in [0.15, 0.2) is 0 Å². The van der Waals surface area contributed by atoms with E-state index in [9.17, 15) is 4.79 Å². The van der Waals surface area contributed by atoms with E-state index >= 15 is 0 Å². The van der Waals surface area contributed by atoms with Crippen LogP contribution < -0.4 is 10.1 Å². The van der Waals surface area contributed by atoms with Crippen molar-refractivity contribution < 1.29 is 14.3 Å². The maximum absolute atomic E-state index is 12.7. The number of methoxy groups -OCH3 is 1. The second-order valence-electron chi connectivity index (χ2n) is 6.72. The predicted octanol–water partition coefficient (Wildman–Crippen LogP) is 4.40. The van der Waals surface area contributed by atoms with Crippen molar-refractivity contribution in [3.8, 4) is 5.75 Å². The van der Waals surface area contributed by atoms with E-state index in [4.69, 9.17) is 9.47 Å². The number of carbonyl (C=O) groups is 1. The molecule has 0 bridgehead atoms. The molecule has 128 valence electrons. The smallest absolute Gasteiger partial charge is 0.256 e. The van der Waals surface area contributed by atoms with E-state index in [2.05, 4.69) is 19.2 Å². The number of hydrogen-bond acceptors (Lipinski definition) is 3. The number of nitrogens with one attached hydrogen (secondary N) is 1. The van der Waals surface area contributed by atoms with Gasteiger partial charge in [0.25, 0.3) is 5.91 Å². The standard InChI is InChI=1S/C19H29NO3/c1-5-15(3)23-17-10-8-16(9-11-17)20-18(21)19(22-4)12-6-7-14(2)13-19/h8-11,14-15H,5-7,12-13H2,1-4H3,(H,20,21)/t14-,15-,19-/m1/s1. The summed E-state index contributed by atoms with van der Waals surface area (Å²) < 4.78 is 11.4. The highest BCUT2D eigenvalue weighted by Crippen LogP contribution is 2.35. The molecule has 3 atom stereocenters. The number of rotatable bonds is 6. The molecule has 1 aliphatic carbocycles. The van der Waals surface area contributed by atoms with E-state index in [-0.39, 0.29) is 12.0 Å². The van der Waals surface area contributed by atoms with Gasteiger partial charge in [0.1, 0.15) is 11.4 Å².